The Balaban J connectivity index is 1.31. The third-order valence-corrected chi connectivity index (χ3v) is 7.50. The largest absolute Gasteiger partial charge is 0.497 e. The van der Waals surface area contributed by atoms with Gasteiger partial charge < -0.3 is 9.47 Å². The van der Waals surface area contributed by atoms with Crippen molar-refractivity contribution < 1.29 is 28.7 Å². The number of Topliss-reactive ketones (excluding diaryl/α,β-unsaturated/α-hetero) is 1. The second kappa shape index (κ2) is 11.0. The van der Waals surface area contributed by atoms with E-state index < -0.39 is 12.1 Å². The van der Waals surface area contributed by atoms with E-state index >= 15 is 0 Å². The highest BCUT2D eigenvalue weighted by atomic mass is 16.5. The molecule has 0 unspecified atom stereocenters. The van der Waals surface area contributed by atoms with E-state index in [9.17, 15) is 19.2 Å². The van der Waals surface area contributed by atoms with E-state index in [1.54, 1.807) is 92.0 Å². The Bertz CT molecular complexity index is 1890. The Morgan fingerprint density at radius 2 is 1.47 bits per heavy atom. The molecule has 4 aromatic carbocycles. The SMILES string of the molecule is COc1ccc(C(=O)[C@H](C)OC(=O)c2cc(-c3ccc(N4C(=O)c5ccccc5C4=O)cc3)nc3c(C)cccc23)cc1. The number of imide groups is 1. The van der Waals surface area contributed by atoms with Crippen molar-refractivity contribution in [3.05, 3.63) is 125 Å². The van der Waals surface area contributed by atoms with Gasteiger partial charge in [-0.05, 0) is 74.0 Å². The van der Waals surface area contributed by atoms with Crippen molar-refractivity contribution in [1.82, 2.24) is 4.98 Å². The van der Waals surface area contributed by atoms with Crippen molar-refractivity contribution in [2.75, 3.05) is 12.0 Å². The maximum Gasteiger partial charge on any atom is 0.339 e. The van der Waals surface area contributed by atoms with Gasteiger partial charge in [-0.15, -0.1) is 0 Å². The first kappa shape index (κ1) is 27.5. The Morgan fingerprint density at radius 1 is 0.814 bits per heavy atom. The van der Waals surface area contributed by atoms with Crippen molar-refractivity contribution >= 4 is 40.2 Å². The number of pyridine rings is 1. The van der Waals surface area contributed by atoms with Gasteiger partial charge in [0.2, 0.25) is 5.78 Å². The lowest BCUT2D eigenvalue weighted by molar-refractivity contribution is 0.0320. The van der Waals surface area contributed by atoms with Crippen LogP contribution in [0.5, 0.6) is 5.75 Å². The zero-order valence-corrected chi connectivity index (χ0v) is 23.7. The number of aromatic nitrogens is 1. The highest BCUT2D eigenvalue weighted by Gasteiger charge is 2.36. The summed E-state index contributed by atoms with van der Waals surface area (Å²) in [5, 5.41) is 0.598. The first-order chi connectivity index (χ1) is 20.8. The number of carbonyl (C=O) groups excluding carboxylic acids is 4. The summed E-state index contributed by atoms with van der Waals surface area (Å²) in [6.07, 6.45) is -1.03. The molecular weight excluding hydrogens is 544 g/mol. The van der Waals surface area contributed by atoms with Gasteiger partial charge in [-0.25, -0.2) is 14.7 Å². The molecule has 8 nitrogen and oxygen atoms in total. The Hall–Kier alpha value is -5.63. The van der Waals surface area contributed by atoms with Crippen molar-refractivity contribution in [2.45, 2.75) is 20.0 Å². The monoisotopic (exact) mass is 570 g/mol. The van der Waals surface area contributed by atoms with Crippen LogP contribution in [0.2, 0.25) is 0 Å². The molecule has 0 aliphatic carbocycles. The fourth-order valence-corrected chi connectivity index (χ4v) is 5.18. The highest BCUT2D eigenvalue weighted by molar-refractivity contribution is 6.34. The lowest BCUT2D eigenvalue weighted by Crippen LogP contribution is -2.29. The molecule has 6 rings (SSSR count). The van der Waals surface area contributed by atoms with Crippen LogP contribution < -0.4 is 9.64 Å². The number of methoxy groups -OCH3 is 1. The molecular formula is C35H26N2O6. The molecule has 1 aromatic heterocycles. The molecule has 1 aliphatic heterocycles. The number of anilines is 1. The minimum absolute atomic E-state index is 0.266. The minimum atomic E-state index is -1.03. The Kier molecular flexibility index (Phi) is 7.03. The number of rotatable bonds is 7. The maximum atomic E-state index is 13.5. The molecule has 5 aromatic rings. The summed E-state index contributed by atoms with van der Waals surface area (Å²) in [5.74, 6) is -1.14. The number of benzene rings is 4. The molecule has 0 saturated carbocycles. The van der Waals surface area contributed by atoms with E-state index in [2.05, 4.69) is 0 Å². The number of nitrogens with zero attached hydrogens (tertiary/aromatic N) is 2. The van der Waals surface area contributed by atoms with Crippen LogP contribution in [-0.2, 0) is 4.74 Å². The van der Waals surface area contributed by atoms with E-state index in [0.717, 1.165) is 10.5 Å². The second-order valence-electron chi connectivity index (χ2n) is 10.2. The number of ether oxygens (including phenoxy) is 2. The maximum absolute atomic E-state index is 13.5. The minimum Gasteiger partial charge on any atom is -0.497 e. The number of carbonyl (C=O) groups is 4. The molecule has 8 heteroatoms. The number of aryl methyl sites for hydroxylation is 1. The molecule has 43 heavy (non-hydrogen) atoms. The Labute approximate surface area is 247 Å². The molecule has 0 bridgehead atoms. The van der Waals surface area contributed by atoms with Crippen molar-refractivity contribution in [1.29, 1.82) is 0 Å². The molecule has 0 N–H and O–H groups in total. The number of esters is 1. The quantitative estimate of drug-likeness (QED) is 0.126. The number of para-hydroxylation sites is 1. The molecule has 0 fully saturated rings. The summed E-state index contributed by atoms with van der Waals surface area (Å²) < 4.78 is 10.8. The van der Waals surface area contributed by atoms with Crippen molar-refractivity contribution in [3.63, 3.8) is 0 Å². The zero-order valence-electron chi connectivity index (χ0n) is 23.7. The van der Waals surface area contributed by atoms with Gasteiger partial charge in [0.05, 0.1) is 40.7 Å². The molecule has 1 aliphatic rings. The van der Waals surface area contributed by atoms with Crippen LogP contribution >= 0.6 is 0 Å². The first-order valence-electron chi connectivity index (χ1n) is 13.6. The molecule has 0 spiro atoms. The van der Waals surface area contributed by atoms with Gasteiger partial charge in [-0.1, -0.05) is 42.5 Å². The zero-order chi connectivity index (χ0) is 30.2. The van der Waals surface area contributed by atoms with Crippen LogP contribution in [-0.4, -0.2) is 41.8 Å². The molecule has 1 atom stereocenters. The second-order valence-corrected chi connectivity index (χ2v) is 10.2. The van der Waals surface area contributed by atoms with E-state index in [0.29, 0.717) is 50.3 Å². The van der Waals surface area contributed by atoms with Gasteiger partial charge in [-0.2, -0.15) is 0 Å². The fraction of sp³-hybridized carbons (Fsp3) is 0.114. The topological polar surface area (TPSA) is 103 Å². The number of hydrogen-bond acceptors (Lipinski definition) is 7. The van der Waals surface area contributed by atoms with Crippen LogP contribution in [0.25, 0.3) is 22.2 Å². The van der Waals surface area contributed by atoms with Crippen LogP contribution in [0, 0.1) is 6.92 Å². The van der Waals surface area contributed by atoms with E-state index in [4.69, 9.17) is 14.5 Å². The number of amides is 2. The lowest BCUT2D eigenvalue weighted by atomic mass is 10.0. The standard InChI is InChI=1S/C35H26N2O6/c1-20-7-6-10-26-29(35(41)43-21(2)32(38)23-13-17-25(42-3)18-14-23)19-30(36-31(20)26)22-11-15-24(16-12-22)37-33(39)27-8-4-5-9-28(27)34(37)40/h4-19,21H,1-3H3/t21-/m0/s1. The van der Waals surface area contributed by atoms with E-state index in [-0.39, 0.29) is 23.2 Å². The Morgan fingerprint density at radius 3 is 2.09 bits per heavy atom. The molecule has 0 saturated heterocycles. The van der Waals surface area contributed by atoms with Crippen molar-refractivity contribution in [3.8, 4) is 17.0 Å². The van der Waals surface area contributed by atoms with Gasteiger partial charge in [0, 0.05) is 16.5 Å². The highest BCUT2D eigenvalue weighted by Crippen LogP contribution is 2.32. The van der Waals surface area contributed by atoms with Crippen LogP contribution in [0.15, 0.2) is 97.1 Å². The van der Waals surface area contributed by atoms with Crippen LogP contribution in [0.3, 0.4) is 0 Å². The average Bonchev–Trinajstić information content (AvgIpc) is 3.29. The van der Waals surface area contributed by atoms with Gasteiger partial charge in [0.15, 0.2) is 6.10 Å². The number of ketones is 1. The summed E-state index contributed by atoms with van der Waals surface area (Å²) in [5.41, 5.74) is 4.47. The molecule has 2 amide bonds. The van der Waals surface area contributed by atoms with Gasteiger partial charge >= 0.3 is 5.97 Å². The molecule has 212 valence electrons. The third kappa shape index (κ3) is 4.93. The third-order valence-electron chi connectivity index (χ3n) is 7.50. The lowest BCUT2D eigenvalue weighted by Gasteiger charge is -2.16. The van der Waals surface area contributed by atoms with Crippen LogP contribution in [0.1, 0.15) is 53.9 Å². The summed E-state index contributed by atoms with van der Waals surface area (Å²) in [6.45, 7) is 3.44. The molecule has 2 heterocycles. The summed E-state index contributed by atoms with van der Waals surface area (Å²) in [4.78, 5) is 58.3. The number of fused-ring (bicyclic) bond motifs is 2. The van der Waals surface area contributed by atoms with Crippen molar-refractivity contribution in [2.24, 2.45) is 0 Å². The van der Waals surface area contributed by atoms with Crippen LogP contribution in [0.4, 0.5) is 5.69 Å². The van der Waals surface area contributed by atoms with E-state index in [1.165, 1.54) is 6.92 Å². The predicted octanol–water partition coefficient (Wildman–Crippen LogP) is 6.45. The normalized spacial score (nSPS) is 13.1. The summed E-state index contributed by atoms with van der Waals surface area (Å²) >= 11 is 0. The molecule has 0 radical (unpaired) electrons. The van der Waals surface area contributed by atoms with Gasteiger partial charge in [0.25, 0.3) is 11.8 Å². The average molecular weight is 571 g/mol. The smallest absolute Gasteiger partial charge is 0.339 e. The van der Waals surface area contributed by atoms with Gasteiger partial charge in [0.1, 0.15) is 5.75 Å². The fourth-order valence-electron chi connectivity index (χ4n) is 5.18. The van der Waals surface area contributed by atoms with Gasteiger partial charge in [-0.3, -0.25) is 14.4 Å². The van der Waals surface area contributed by atoms with E-state index in [1.807, 2.05) is 19.1 Å². The first-order valence-corrected chi connectivity index (χ1v) is 13.6. The predicted molar refractivity (Wildman–Crippen MR) is 162 cm³/mol. The summed E-state index contributed by atoms with van der Waals surface area (Å²) in [6, 6.07) is 27.3. The number of hydrogen-bond donors (Lipinski definition) is 0. The summed E-state index contributed by atoms with van der Waals surface area (Å²) in [7, 11) is 1.54.